The van der Waals surface area contributed by atoms with Crippen LogP contribution < -0.4 is 16.0 Å². The van der Waals surface area contributed by atoms with E-state index in [0.29, 0.717) is 5.75 Å². The van der Waals surface area contributed by atoms with Gasteiger partial charge in [-0.15, -0.1) is 0 Å². The number of hydrogen-bond donors (Lipinski definition) is 2. The van der Waals surface area contributed by atoms with Crippen LogP contribution in [-0.4, -0.2) is 27.2 Å². The van der Waals surface area contributed by atoms with Gasteiger partial charge in [-0.2, -0.15) is 0 Å². The van der Waals surface area contributed by atoms with Crippen LogP contribution >= 0.6 is 11.6 Å². The predicted octanol–water partition coefficient (Wildman–Crippen LogP) is 0.967. The van der Waals surface area contributed by atoms with Gasteiger partial charge < -0.3 is 9.84 Å². The topological polar surface area (TPSA) is 101 Å². The van der Waals surface area contributed by atoms with Crippen molar-refractivity contribution in [2.75, 3.05) is 6.61 Å². The minimum Gasteiger partial charge on any atom is -0.492 e. The van der Waals surface area contributed by atoms with Crippen LogP contribution in [0.2, 0.25) is 5.02 Å². The van der Waals surface area contributed by atoms with Gasteiger partial charge >= 0.3 is 11.7 Å². The van der Waals surface area contributed by atoms with Gasteiger partial charge in [0.15, 0.2) is 0 Å². The van der Waals surface area contributed by atoms with E-state index in [1.165, 1.54) is 22.9 Å². The van der Waals surface area contributed by atoms with Crippen molar-refractivity contribution in [3.05, 3.63) is 61.9 Å². The number of halogens is 1. The fourth-order valence-electron chi connectivity index (χ4n) is 1.63. The molecule has 110 valence electrons. The minimum absolute atomic E-state index is 0.0949. The van der Waals surface area contributed by atoms with Crippen LogP contribution in [0.15, 0.2) is 40.1 Å². The number of H-pyrrole nitrogens is 1. The summed E-state index contributed by atoms with van der Waals surface area (Å²) in [5, 5.41) is 8.76. The molecule has 8 heteroatoms. The molecule has 1 heterocycles. The normalized spacial score (nSPS) is 10.3. The fourth-order valence-corrected chi connectivity index (χ4v) is 1.79. The molecule has 2 N–H and O–H groups in total. The van der Waals surface area contributed by atoms with Crippen LogP contribution in [0.25, 0.3) is 0 Å². The maximum Gasteiger partial charge on any atom is 0.335 e. The van der Waals surface area contributed by atoms with Crippen molar-refractivity contribution < 1.29 is 14.6 Å². The van der Waals surface area contributed by atoms with E-state index in [4.69, 9.17) is 21.4 Å². The maximum atomic E-state index is 11.5. The summed E-state index contributed by atoms with van der Waals surface area (Å²) in [6, 6.07) is 5.99. The van der Waals surface area contributed by atoms with Crippen LogP contribution in [0, 0.1) is 0 Å². The minimum atomic E-state index is -1.05. The van der Waals surface area contributed by atoms with Crippen molar-refractivity contribution in [1.82, 2.24) is 9.55 Å². The summed E-state index contributed by atoms with van der Waals surface area (Å²) in [7, 11) is 0. The molecule has 0 fully saturated rings. The number of aromatic amines is 1. The number of carboxylic acid groups (broad SMARTS) is 1. The molecule has 0 unspecified atom stereocenters. The summed E-state index contributed by atoms with van der Waals surface area (Å²) < 4.78 is 6.57. The lowest BCUT2D eigenvalue weighted by molar-refractivity contribution is 0.0696. The molecular weight excluding hydrogens is 300 g/mol. The van der Waals surface area contributed by atoms with E-state index in [9.17, 15) is 14.4 Å². The van der Waals surface area contributed by atoms with Crippen molar-refractivity contribution in [1.29, 1.82) is 0 Å². The number of hydrogen-bond acceptors (Lipinski definition) is 4. The van der Waals surface area contributed by atoms with E-state index < -0.39 is 17.2 Å². The van der Waals surface area contributed by atoms with Crippen molar-refractivity contribution in [2.45, 2.75) is 6.54 Å². The third-order valence-electron chi connectivity index (χ3n) is 2.65. The van der Waals surface area contributed by atoms with Gasteiger partial charge in [0.25, 0.3) is 5.56 Å². The van der Waals surface area contributed by atoms with E-state index in [1.54, 1.807) is 12.1 Å². The summed E-state index contributed by atoms with van der Waals surface area (Å²) in [4.78, 5) is 35.5. The molecule has 1 aromatic carbocycles. The summed E-state index contributed by atoms with van der Waals surface area (Å²) in [6.07, 6.45) is 1.22. The Hall–Kier alpha value is -2.54. The molecule has 0 atom stereocenters. The first-order chi connectivity index (χ1) is 9.97. The quantitative estimate of drug-likeness (QED) is 0.856. The second-order valence-electron chi connectivity index (χ2n) is 4.11. The summed E-state index contributed by atoms with van der Waals surface area (Å²) in [5.41, 5.74) is -1.13. The molecule has 0 saturated carbocycles. The molecule has 0 aliphatic heterocycles. The molecule has 0 bridgehead atoms. The zero-order valence-electron chi connectivity index (χ0n) is 10.7. The molecule has 0 saturated heterocycles. The summed E-state index contributed by atoms with van der Waals surface area (Å²) in [5.74, 6) is -0.678. The summed E-state index contributed by atoms with van der Waals surface area (Å²) in [6.45, 7) is 0.276. The Kier molecular flexibility index (Phi) is 4.44. The lowest BCUT2D eigenvalue weighted by Crippen LogP contribution is -2.31. The Morgan fingerprint density at radius 1 is 1.38 bits per heavy atom. The average Bonchev–Trinajstić information content (AvgIpc) is 2.44. The lowest BCUT2D eigenvalue weighted by atomic mass is 10.2. The lowest BCUT2D eigenvalue weighted by Gasteiger charge is -2.08. The number of benzene rings is 1. The van der Waals surface area contributed by atoms with E-state index >= 15 is 0 Å². The number of aromatic carboxylic acids is 1. The highest BCUT2D eigenvalue weighted by molar-refractivity contribution is 6.30. The zero-order valence-corrected chi connectivity index (χ0v) is 11.5. The molecule has 0 radical (unpaired) electrons. The maximum absolute atomic E-state index is 11.5. The molecule has 0 aliphatic carbocycles. The number of nitrogens with one attached hydrogen (secondary N) is 1. The largest absolute Gasteiger partial charge is 0.492 e. The van der Waals surface area contributed by atoms with Gasteiger partial charge in [-0.25, -0.2) is 9.59 Å². The Bertz CT molecular complexity index is 781. The van der Waals surface area contributed by atoms with Crippen molar-refractivity contribution in [3.8, 4) is 5.75 Å². The number of carboxylic acids is 1. The van der Waals surface area contributed by atoms with E-state index in [0.717, 1.165) is 0 Å². The molecule has 7 nitrogen and oxygen atoms in total. The van der Waals surface area contributed by atoms with Crippen LogP contribution in [0.1, 0.15) is 10.4 Å². The van der Waals surface area contributed by atoms with Gasteiger partial charge in [0, 0.05) is 6.20 Å². The highest BCUT2D eigenvalue weighted by atomic mass is 35.5. The van der Waals surface area contributed by atoms with Crippen molar-refractivity contribution in [2.24, 2.45) is 0 Å². The Morgan fingerprint density at radius 3 is 2.86 bits per heavy atom. The molecule has 1 aromatic heterocycles. The third kappa shape index (κ3) is 3.73. The van der Waals surface area contributed by atoms with Gasteiger partial charge in [-0.3, -0.25) is 14.3 Å². The van der Waals surface area contributed by atoms with E-state index in [2.05, 4.69) is 4.98 Å². The number of carbonyl (C=O) groups is 1. The van der Waals surface area contributed by atoms with E-state index in [1.807, 2.05) is 0 Å². The van der Waals surface area contributed by atoms with Crippen molar-refractivity contribution >= 4 is 17.6 Å². The molecule has 2 aromatic rings. The van der Waals surface area contributed by atoms with Gasteiger partial charge in [-0.1, -0.05) is 17.7 Å². The highest BCUT2D eigenvalue weighted by Gasteiger charge is 2.05. The Balaban J connectivity index is 2.03. The first-order valence-electron chi connectivity index (χ1n) is 5.93. The first-order valence-corrected chi connectivity index (χ1v) is 6.30. The second kappa shape index (κ2) is 6.27. The molecular formula is C13H11ClN2O5. The van der Waals surface area contributed by atoms with Gasteiger partial charge in [0.05, 0.1) is 12.1 Å². The third-order valence-corrected chi connectivity index (χ3v) is 2.92. The number of rotatable bonds is 5. The first kappa shape index (κ1) is 14.9. The number of aromatic nitrogens is 2. The smallest absolute Gasteiger partial charge is 0.335 e. The van der Waals surface area contributed by atoms with Gasteiger partial charge in [0.2, 0.25) is 0 Å². The van der Waals surface area contributed by atoms with E-state index in [-0.39, 0.29) is 23.7 Å². The van der Waals surface area contributed by atoms with Crippen LogP contribution in [0.5, 0.6) is 5.75 Å². The number of nitrogens with zero attached hydrogens (tertiary/aromatic N) is 1. The molecule has 2 rings (SSSR count). The molecule has 0 spiro atoms. The standard InChI is InChI=1S/C13H11ClN2O5/c14-10-7-16(13(20)15-11(10)17)4-5-21-9-3-1-2-8(6-9)12(18)19/h1-3,6-7H,4-5H2,(H,18,19)(H,15,17,20). The van der Waals surface area contributed by atoms with Crippen LogP contribution in [0.3, 0.4) is 0 Å². The van der Waals surface area contributed by atoms with Crippen LogP contribution in [0.4, 0.5) is 0 Å². The van der Waals surface area contributed by atoms with Crippen molar-refractivity contribution in [3.63, 3.8) is 0 Å². The summed E-state index contributed by atoms with van der Waals surface area (Å²) >= 11 is 5.63. The zero-order chi connectivity index (χ0) is 15.4. The van der Waals surface area contributed by atoms with Gasteiger partial charge in [-0.05, 0) is 18.2 Å². The molecule has 0 amide bonds. The predicted molar refractivity (Wildman–Crippen MR) is 75.2 cm³/mol. The monoisotopic (exact) mass is 310 g/mol. The number of ether oxygens (including phenoxy) is 1. The second-order valence-corrected chi connectivity index (χ2v) is 4.52. The average molecular weight is 311 g/mol. The highest BCUT2D eigenvalue weighted by Crippen LogP contribution is 2.13. The molecule has 0 aliphatic rings. The SMILES string of the molecule is O=C(O)c1cccc(OCCn2cc(Cl)c(=O)[nH]c2=O)c1. The molecule has 21 heavy (non-hydrogen) atoms. The van der Waals surface area contributed by atoms with Gasteiger partial charge in [0.1, 0.15) is 17.4 Å². The van der Waals surface area contributed by atoms with Crippen LogP contribution in [-0.2, 0) is 6.54 Å². The Labute approximate surface area is 123 Å². The fraction of sp³-hybridized carbons (Fsp3) is 0.154. The Morgan fingerprint density at radius 2 is 2.14 bits per heavy atom.